The number of nitrogens with one attached hydrogen (secondary N) is 1. The van der Waals surface area contributed by atoms with Crippen LogP contribution < -0.4 is 5.32 Å². The molecule has 1 N–H and O–H groups in total. The highest BCUT2D eigenvalue weighted by atomic mass is 32.2. The number of aromatic nitrogens is 2. The lowest BCUT2D eigenvalue weighted by Crippen LogP contribution is -2.15. The molecule has 0 saturated carbocycles. The van der Waals surface area contributed by atoms with Gasteiger partial charge in [-0.3, -0.25) is 4.79 Å². The molecule has 0 bridgehead atoms. The van der Waals surface area contributed by atoms with Gasteiger partial charge in [-0.05, 0) is 32.2 Å². The Kier molecular flexibility index (Phi) is 4.90. The number of thioether (sulfide) groups is 1. The lowest BCUT2D eigenvalue weighted by molar-refractivity contribution is 0.112. The first-order chi connectivity index (χ1) is 10.1. The van der Waals surface area contributed by atoms with E-state index in [1.165, 1.54) is 17.8 Å². The topological polar surface area (TPSA) is 54.9 Å². The quantitative estimate of drug-likeness (QED) is 0.519. The number of carbonyl (C=O) groups is 1. The molecule has 1 heterocycles. The van der Waals surface area contributed by atoms with E-state index in [9.17, 15) is 9.18 Å². The van der Waals surface area contributed by atoms with Crippen LogP contribution in [0.5, 0.6) is 0 Å². The first-order valence-electron chi connectivity index (χ1n) is 6.49. The van der Waals surface area contributed by atoms with Crippen molar-refractivity contribution in [3.8, 4) is 11.3 Å². The maximum Gasteiger partial charge on any atom is 0.189 e. The summed E-state index contributed by atoms with van der Waals surface area (Å²) >= 11 is 1.34. The first-order valence-corrected chi connectivity index (χ1v) is 7.72. The predicted molar refractivity (Wildman–Crippen MR) is 83.4 cm³/mol. The predicted octanol–water partition coefficient (Wildman–Crippen LogP) is 3.64. The maximum atomic E-state index is 14.0. The molecule has 0 aliphatic heterocycles. The monoisotopic (exact) mass is 305 g/mol. The summed E-state index contributed by atoms with van der Waals surface area (Å²) in [6, 6.07) is 6.36. The van der Waals surface area contributed by atoms with Crippen molar-refractivity contribution in [3.63, 3.8) is 0 Å². The van der Waals surface area contributed by atoms with Gasteiger partial charge in [0, 0.05) is 11.6 Å². The average Bonchev–Trinajstić information content (AvgIpc) is 2.46. The normalized spacial score (nSPS) is 10.7. The molecule has 1 aromatic heterocycles. The van der Waals surface area contributed by atoms with Crippen molar-refractivity contribution < 1.29 is 9.18 Å². The van der Waals surface area contributed by atoms with Crippen LogP contribution in [-0.2, 0) is 0 Å². The van der Waals surface area contributed by atoms with Crippen molar-refractivity contribution in [2.45, 2.75) is 25.0 Å². The number of carbonyl (C=O) groups excluding carboxylic acids is 1. The van der Waals surface area contributed by atoms with Gasteiger partial charge in [0.15, 0.2) is 11.4 Å². The summed E-state index contributed by atoms with van der Waals surface area (Å²) in [7, 11) is 0. The number of benzene rings is 1. The largest absolute Gasteiger partial charge is 0.367 e. The third kappa shape index (κ3) is 3.39. The van der Waals surface area contributed by atoms with Gasteiger partial charge in [0.05, 0.1) is 11.3 Å². The van der Waals surface area contributed by atoms with Gasteiger partial charge in [0.2, 0.25) is 0 Å². The Balaban J connectivity index is 2.69. The Hall–Kier alpha value is -1.95. The number of hydrogen-bond acceptors (Lipinski definition) is 5. The lowest BCUT2D eigenvalue weighted by Gasteiger charge is -2.15. The molecule has 0 saturated heterocycles. The number of aldehydes is 1. The van der Waals surface area contributed by atoms with Crippen LogP contribution in [-0.4, -0.2) is 28.6 Å². The van der Waals surface area contributed by atoms with Crippen LogP contribution in [0, 0.1) is 5.82 Å². The summed E-state index contributed by atoms with van der Waals surface area (Å²) < 4.78 is 14.0. The second-order valence-electron chi connectivity index (χ2n) is 4.72. The van der Waals surface area contributed by atoms with Gasteiger partial charge in [0.1, 0.15) is 11.6 Å². The molecule has 0 unspecified atom stereocenters. The van der Waals surface area contributed by atoms with Crippen LogP contribution in [0.15, 0.2) is 29.4 Å². The number of anilines is 1. The van der Waals surface area contributed by atoms with Gasteiger partial charge in [-0.1, -0.05) is 23.9 Å². The zero-order valence-corrected chi connectivity index (χ0v) is 12.9. The molecule has 110 valence electrons. The summed E-state index contributed by atoms with van der Waals surface area (Å²) in [6.45, 7) is 3.89. The van der Waals surface area contributed by atoms with Crippen LogP contribution in [0.25, 0.3) is 11.3 Å². The molecule has 0 aliphatic rings. The number of hydrogen-bond donors (Lipinski definition) is 1. The van der Waals surface area contributed by atoms with Gasteiger partial charge in [-0.2, -0.15) is 0 Å². The third-order valence-corrected chi connectivity index (χ3v) is 3.33. The summed E-state index contributed by atoms with van der Waals surface area (Å²) in [5, 5.41) is 3.60. The van der Waals surface area contributed by atoms with E-state index in [1.807, 2.05) is 20.1 Å². The van der Waals surface area contributed by atoms with Gasteiger partial charge < -0.3 is 5.32 Å². The molecule has 0 fully saturated rings. The molecule has 0 amide bonds. The van der Waals surface area contributed by atoms with E-state index in [1.54, 1.807) is 18.2 Å². The molecule has 4 nitrogen and oxygen atoms in total. The molecule has 0 atom stereocenters. The van der Waals surface area contributed by atoms with Crippen molar-refractivity contribution in [2.24, 2.45) is 0 Å². The van der Waals surface area contributed by atoms with Crippen molar-refractivity contribution in [2.75, 3.05) is 11.6 Å². The molecule has 0 radical (unpaired) electrons. The van der Waals surface area contributed by atoms with Gasteiger partial charge >= 0.3 is 0 Å². The maximum absolute atomic E-state index is 14.0. The van der Waals surface area contributed by atoms with Crippen molar-refractivity contribution in [1.82, 2.24) is 9.97 Å². The second kappa shape index (κ2) is 6.67. The Labute approximate surface area is 127 Å². The van der Waals surface area contributed by atoms with E-state index in [0.29, 0.717) is 28.5 Å². The summed E-state index contributed by atoms with van der Waals surface area (Å²) in [5.41, 5.74) is 0.876. The molecular weight excluding hydrogens is 289 g/mol. The minimum absolute atomic E-state index is 0.0989. The van der Waals surface area contributed by atoms with E-state index in [-0.39, 0.29) is 11.6 Å². The van der Waals surface area contributed by atoms with Gasteiger partial charge in [-0.15, -0.1) is 0 Å². The number of rotatable bonds is 5. The summed E-state index contributed by atoms with van der Waals surface area (Å²) in [6.07, 6.45) is 2.50. The zero-order chi connectivity index (χ0) is 15.4. The van der Waals surface area contributed by atoms with E-state index < -0.39 is 5.82 Å². The Morgan fingerprint density at radius 1 is 1.29 bits per heavy atom. The highest BCUT2D eigenvalue weighted by Crippen LogP contribution is 2.29. The fraction of sp³-hybridized carbons (Fsp3) is 0.267. The SMILES string of the molecule is CSc1nc(NC(C)C)c(C=O)c(-c2ccccc2F)n1. The lowest BCUT2D eigenvalue weighted by atomic mass is 10.1. The van der Waals surface area contributed by atoms with Crippen molar-refractivity contribution in [1.29, 1.82) is 0 Å². The van der Waals surface area contributed by atoms with E-state index in [4.69, 9.17) is 0 Å². The number of halogens is 1. The Morgan fingerprint density at radius 3 is 2.57 bits per heavy atom. The molecule has 0 aliphatic carbocycles. The minimum atomic E-state index is -0.415. The highest BCUT2D eigenvalue weighted by Gasteiger charge is 2.18. The second-order valence-corrected chi connectivity index (χ2v) is 5.49. The van der Waals surface area contributed by atoms with Gasteiger partial charge in [-0.25, -0.2) is 14.4 Å². The molecule has 6 heteroatoms. The van der Waals surface area contributed by atoms with Gasteiger partial charge in [0.25, 0.3) is 0 Å². The Bertz CT molecular complexity index is 661. The summed E-state index contributed by atoms with van der Waals surface area (Å²) in [5.74, 6) is 0.0134. The van der Waals surface area contributed by atoms with Crippen LogP contribution in [0.2, 0.25) is 0 Å². The van der Waals surface area contributed by atoms with Crippen LogP contribution in [0.4, 0.5) is 10.2 Å². The van der Waals surface area contributed by atoms with Crippen LogP contribution >= 0.6 is 11.8 Å². The standard InChI is InChI=1S/C15H16FN3OS/c1-9(2)17-14-11(8-20)13(18-15(19-14)21-3)10-6-4-5-7-12(10)16/h4-9H,1-3H3,(H,17,18,19). The molecule has 0 spiro atoms. The zero-order valence-electron chi connectivity index (χ0n) is 12.1. The minimum Gasteiger partial charge on any atom is -0.367 e. The fourth-order valence-corrected chi connectivity index (χ4v) is 2.26. The van der Waals surface area contributed by atoms with E-state index in [0.717, 1.165) is 0 Å². The summed E-state index contributed by atoms with van der Waals surface area (Å²) in [4.78, 5) is 20.1. The van der Waals surface area contributed by atoms with Crippen molar-refractivity contribution >= 4 is 23.9 Å². The van der Waals surface area contributed by atoms with Crippen LogP contribution in [0.3, 0.4) is 0 Å². The van der Waals surface area contributed by atoms with Crippen LogP contribution in [0.1, 0.15) is 24.2 Å². The van der Waals surface area contributed by atoms with E-state index >= 15 is 0 Å². The fourth-order valence-electron chi connectivity index (χ4n) is 1.89. The smallest absolute Gasteiger partial charge is 0.189 e. The molecule has 21 heavy (non-hydrogen) atoms. The molecule has 2 rings (SSSR count). The number of nitrogens with zero attached hydrogens (tertiary/aromatic N) is 2. The van der Waals surface area contributed by atoms with Crippen molar-refractivity contribution in [3.05, 3.63) is 35.6 Å². The molecule has 2 aromatic rings. The van der Waals surface area contributed by atoms with E-state index in [2.05, 4.69) is 15.3 Å². The first kappa shape index (κ1) is 15.4. The average molecular weight is 305 g/mol. The molecule has 1 aromatic carbocycles. The Morgan fingerprint density at radius 2 is 2.00 bits per heavy atom. The highest BCUT2D eigenvalue weighted by molar-refractivity contribution is 7.98. The molecular formula is C15H16FN3OS. The third-order valence-electron chi connectivity index (χ3n) is 2.78.